The first-order chi connectivity index (χ1) is 8.72. The summed E-state index contributed by atoms with van der Waals surface area (Å²) in [5.74, 6) is 0.869. The van der Waals surface area contributed by atoms with Gasteiger partial charge < -0.3 is 10.1 Å². The SMILES string of the molecule is CCOCC(C)NC1CCSc2c(F)cccc21. The number of hydrogen-bond acceptors (Lipinski definition) is 3. The monoisotopic (exact) mass is 269 g/mol. The first-order valence-corrected chi connectivity index (χ1v) is 7.46. The van der Waals surface area contributed by atoms with Gasteiger partial charge >= 0.3 is 0 Å². The zero-order valence-electron chi connectivity index (χ0n) is 10.9. The molecule has 1 aliphatic rings. The Kier molecular flexibility index (Phi) is 5.03. The molecule has 0 aromatic heterocycles. The van der Waals surface area contributed by atoms with Crippen molar-refractivity contribution in [2.75, 3.05) is 19.0 Å². The summed E-state index contributed by atoms with van der Waals surface area (Å²) in [5, 5.41) is 3.53. The summed E-state index contributed by atoms with van der Waals surface area (Å²) >= 11 is 1.62. The molecule has 0 amide bonds. The van der Waals surface area contributed by atoms with Gasteiger partial charge in [0.05, 0.1) is 6.61 Å². The van der Waals surface area contributed by atoms with Gasteiger partial charge in [-0.3, -0.25) is 0 Å². The van der Waals surface area contributed by atoms with Crippen LogP contribution in [0, 0.1) is 5.82 Å². The highest BCUT2D eigenvalue weighted by Crippen LogP contribution is 2.37. The van der Waals surface area contributed by atoms with E-state index >= 15 is 0 Å². The Balaban J connectivity index is 2.06. The number of benzene rings is 1. The van der Waals surface area contributed by atoms with E-state index in [1.165, 1.54) is 6.07 Å². The Morgan fingerprint density at radius 2 is 2.39 bits per heavy atom. The molecule has 0 aliphatic carbocycles. The topological polar surface area (TPSA) is 21.3 Å². The highest BCUT2D eigenvalue weighted by atomic mass is 32.2. The van der Waals surface area contributed by atoms with Gasteiger partial charge in [0.2, 0.25) is 0 Å². The van der Waals surface area contributed by atoms with Crippen LogP contribution in [0.25, 0.3) is 0 Å². The third-order valence-electron chi connectivity index (χ3n) is 3.08. The zero-order valence-corrected chi connectivity index (χ0v) is 11.7. The molecule has 0 saturated carbocycles. The number of rotatable bonds is 5. The van der Waals surface area contributed by atoms with E-state index in [9.17, 15) is 4.39 Å². The molecule has 2 nitrogen and oxygen atoms in total. The molecule has 1 N–H and O–H groups in total. The van der Waals surface area contributed by atoms with E-state index in [4.69, 9.17) is 4.74 Å². The van der Waals surface area contributed by atoms with Crippen LogP contribution in [0.2, 0.25) is 0 Å². The summed E-state index contributed by atoms with van der Waals surface area (Å²) in [5.41, 5.74) is 1.09. The first kappa shape index (κ1) is 13.8. The van der Waals surface area contributed by atoms with Gasteiger partial charge in [-0.05, 0) is 37.7 Å². The van der Waals surface area contributed by atoms with E-state index in [1.54, 1.807) is 17.8 Å². The van der Waals surface area contributed by atoms with Crippen molar-refractivity contribution < 1.29 is 9.13 Å². The lowest BCUT2D eigenvalue weighted by Gasteiger charge is -2.29. The average molecular weight is 269 g/mol. The van der Waals surface area contributed by atoms with Gasteiger partial charge in [-0.25, -0.2) is 4.39 Å². The molecule has 2 rings (SSSR count). The second kappa shape index (κ2) is 6.55. The summed E-state index contributed by atoms with van der Waals surface area (Å²) in [7, 11) is 0. The van der Waals surface area contributed by atoms with Crippen molar-refractivity contribution in [1.29, 1.82) is 0 Å². The van der Waals surface area contributed by atoms with E-state index < -0.39 is 0 Å². The van der Waals surface area contributed by atoms with Crippen molar-refractivity contribution in [3.8, 4) is 0 Å². The molecule has 0 fully saturated rings. The Morgan fingerprint density at radius 3 is 3.17 bits per heavy atom. The van der Waals surface area contributed by atoms with Crippen LogP contribution in [0.4, 0.5) is 4.39 Å². The van der Waals surface area contributed by atoms with Crippen molar-refractivity contribution in [1.82, 2.24) is 5.32 Å². The summed E-state index contributed by atoms with van der Waals surface area (Å²) in [6.07, 6.45) is 1.04. The number of ether oxygens (including phenoxy) is 1. The standard InChI is InChI=1S/C14H20FNOS/c1-3-17-9-10(2)16-13-7-8-18-14-11(13)5-4-6-12(14)15/h4-6,10,13,16H,3,7-9H2,1-2H3. The number of hydrogen-bond donors (Lipinski definition) is 1. The number of thioether (sulfide) groups is 1. The Morgan fingerprint density at radius 1 is 1.56 bits per heavy atom. The minimum absolute atomic E-state index is 0.0959. The normalized spacial score (nSPS) is 20.5. The van der Waals surface area contributed by atoms with Crippen LogP contribution in [0.3, 0.4) is 0 Å². The van der Waals surface area contributed by atoms with Crippen molar-refractivity contribution in [2.24, 2.45) is 0 Å². The number of halogens is 1. The molecule has 100 valence electrons. The largest absolute Gasteiger partial charge is 0.380 e. The minimum Gasteiger partial charge on any atom is -0.380 e. The van der Waals surface area contributed by atoms with Gasteiger partial charge in [0, 0.05) is 23.6 Å². The molecule has 1 heterocycles. The maximum atomic E-state index is 13.7. The summed E-state index contributed by atoms with van der Waals surface area (Å²) < 4.78 is 19.1. The highest BCUT2D eigenvalue weighted by molar-refractivity contribution is 7.99. The van der Waals surface area contributed by atoms with Crippen molar-refractivity contribution in [3.63, 3.8) is 0 Å². The lowest BCUT2D eigenvalue weighted by atomic mass is 10.0. The van der Waals surface area contributed by atoms with E-state index in [0.717, 1.165) is 29.2 Å². The number of fused-ring (bicyclic) bond motifs is 1. The van der Waals surface area contributed by atoms with Gasteiger partial charge in [-0.15, -0.1) is 11.8 Å². The Bertz CT molecular complexity index is 399. The average Bonchev–Trinajstić information content (AvgIpc) is 2.38. The van der Waals surface area contributed by atoms with Crippen molar-refractivity contribution in [3.05, 3.63) is 29.6 Å². The maximum absolute atomic E-state index is 13.7. The predicted octanol–water partition coefficient (Wildman–Crippen LogP) is 3.38. The third-order valence-corrected chi connectivity index (χ3v) is 4.24. The van der Waals surface area contributed by atoms with Crippen molar-refractivity contribution in [2.45, 2.75) is 37.2 Å². The van der Waals surface area contributed by atoms with E-state index in [-0.39, 0.29) is 17.9 Å². The van der Waals surface area contributed by atoms with Gasteiger partial charge in [0.15, 0.2) is 0 Å². The molecule has 1 aliphatic heterocycles. The second-order valence-corrected chi connectivity index (χ2v) is 5.68. The second-order valence-electron chi connectivity index (χ2n) is 4.58. The van der Waals surface area contributed by atoms with Gasteiger partial charge in [-0.1, -0.05) is 12.1 Å². The van der Waals surface area contributed by atoms with Crippen LogP contribution in [0.15, 0.2) is 23.1 Å². The molecule has 18 heavy (non-hydrogen) atoms. The highest BCUT2D eigenvalue weighted by Gasteiger charge is 2.23. The fraction of sp³-hybridized carbons (Fsp3) is 0.571. The lowest BCUT2D eigenvalue weighted by Crippen LogP contribution is -2.35. The molecule has 1 aromatic rings. The van der Waals surface area contributed by atoms with Crippen LogP contribution in [-0.2, 0) is 4.74 Å². The zero-order chi connectivity index (χ0) is 13.0. The van der Waals surface area contributed by atoms with Crippen LogP contribution >= 0.6 is 11.8 Å². The quantitative estimate of drug-likeness (QED) is 0.885. The maximum Gasteiger partial charge on any atom is 0.137 e. The minimum atomic E-state index is -0.0959. The fourth-order valence-corrected chi connectivity index (χ4v) is 3.39. The first-order valence-electron chi connectivity index (χ1n) is 6.47. The molecular weight excluding hydrogens is 249 g/mol. The summed E-state index contributed by atoms with van der Waals surface area (Å²) in [6.45, 7) is 5.54. The van der Waals surface area contributed by atoms with Gasteiger partial charge in [0.25, 0.3) is 0 Å². The fourth-order valence-electron chi connectivity index (χ4n) is 2.25. The summed E-state index contributed by atoms with van der Waals surface area (Å²) in [4.78, 5) is 0.810. The molecule has 2 atom stereocenters. The summed E-state index contributed by atoms with van der Waals surface area (Å²) in [6, 6.07) is 5.89. The molecule has 0 bridgehead atoms. The Hall–Kier alpha value is -0.580. The third kappa shape index (κ3) is 3.25. The van der Waals surface area contributed by atoms with Crippen LogP contribution in [-0.4, -0.2) is 25.0 Å². The van der Waals surface area contributed by atoms with Crippen LogP contribution in [0.5, 0.6) is 0 Å². The smallest absolute Gasteiger partial charge is 0.137 e. The van der Waals surface area contributed by atoms with Gasteiger partial charge in [-0.2, -0.15) is 0 Å². The van der Waals surface area contributed by atoms with Crippen molar-refractivity contribution >= 4 is 11.8 Å². The van der Waals surface area contributed by atoms with Crippen LogP contribution in [0.1, 0.15) is 31.9 Å². The van der Waals surface area contributed by atoms with E-state index in [0.29, 0.717) is 6.61 Å². The molecule has 0 saturated heterocycles. The molecule has 2 unspecified atom stereocenters. The van der Waals surface area contributed by atoms with E-state index in [1.807, 2.05) is 13.0 Å². The predicted molar refractivity (Wildman–Crippen MR) is 73.6 cm³/mol. The molecule has 0 radical (unpaired) electrons. The number of nitrogens with one attached hydrogen (secondary N) is 1. The molecule has 4 heteroatoms. The van der Waals surface area contributed by atoms with Gasteiger partial charge in [0.1, 0.15) is 5.82 Å². The van der Waals surface area contributed by atoms with Crippen LogP contribution < -0.4 is 5.32 Å². The lowest BCUT2D eigenvalue weighted by molar-refractivity contribution is 0.123. The molecule has 1 aromatic carbocycles. The Labute approximate surface area is 112 Å². The molecule has 0 spiro atoms. The van der Waals surface area contributed by atoms with E-state index in [2.05, 4.69) is 12.2 Å². The molecular formula is C14H20FNOS.